The van der Waals surface area contributed by atoms with Gasteiger partial charge in [0.25, 0.3) is 0 Å². The van der Waals surface area contributed by atoms with E-state index in [9.17, 15) is 44.4 Å². The number of aromatic hydroxyl groups is 4. The van der Waals surface area contributed by atoms with Crippen LogP contribution in [0.5, 0.6) is 46.0 Å². The van der Waals surface area contributed by atoms with Crippen LogP contribution in [0, 0.1) is 23.7 Å². The number of carbonyl (C=O) groups excluding carboxylic acids is 5. The number of amides is 2. The largest absolute Gasteiger partial charge is 0.504 e. The predicted molar refractivity (Wildman–Crippen MR) is 341 cm³/mol. The van der Waals surface area contributed by atoms with Crippen LogP contribution in [0.1, 0.15) is 90.5 Å². The number of aliphatic imine (C=N–C) groups is 1. The van der Waals surface area contributed by atoms with E-state index in [2.05, 4.69) is 43.3 Å². The third-order valence-electron chi connectivity index (χ3n) is 13.5. The van der Waals surface area contributed by atoms with Gasteiger partial charge in [-0.2, -0.15) is 0 Å². The molecule has 0 bridgehead atoms. The summed E-state index contributed by atoms with van der Waals surface area (Å²) >= 11 is 0. The highest BCUT2D eigenvalue weighted by atomic mass is 16.6. The van der Waals surface area contributed by atoms with Gasteiger partial charge in [-0.1, -0.05) is 66.8 Å². The standard InChI is InChI=1S/C40H64N6O8.C18H22O4.C5H10N2O.2CH4/c1-29(25-31-16-18-34(53-39(49)41-19-23-45(7)8)35(27-31)52-38(48)14-12-22-44(5)6)30(2)26-32-15-17-33(51-37(47)13-11-21-43(3)4)36(28-32)54-40(50)42-20-24-46(9)10;1-11(7-13-3-5-15(19)17(21)9-13)12(2)8-14-4-6-16(20)18(22)10-14;1-7(2)4-3-6-5-8;;/h15-18,27-30H,11-14,19-26H2,1-10H3,(H,41,49)(H,42,50);3-6,9-12,19-22H,7-8H2,1-2H3;3-4H2,1-2H3;2*1H4/t29-,30+;11-,12+;;;/m0..../s1. The lowest BCUT2D eigenvalue weighted by Crippen LogP contribution is -2.33. The molecule has 0 radical (unpaired) electrons. The number of benzene rings is 4. The molecule has 0 aliphatic carbocycles. The number of phenols is 4. The summed E-state index contributed by atoms with van der Waals surface area (Å²) in [7, 11) is 19.3. The van der Waals surface area contributed by atoms with Crippen molar-refractivity contribution in [2.24, 2.45) is 28.7 Å². The lowest BCUT2D eigenvalue weighted by molar-refractivity contribution is -0.135. The maximum absolute atomic E-state index is 12.8. The van der Waals surface area contributed by atoms with E-state index in [4.69, 9.17) is 18.9 Å². The van der Waals surface area contributed by atoms with Crippen LogP contribution in [-0.4, -0.2) is 198 Å². The summed E-state index contributed by atoms with van der Waals surface area (Å²) in [6.07, 6.45) is 4.83. The molecule has 0 heterocycles. The van der Waals surface area contributed by atoms with Gasteiger partial charge in [0.1, 0.15) is 0 Å². The monoisotopic (exact) mass is 1200 g/mol. The van der Waals surface area contributed by atoms with E-state index in [1.54, 1.807) is 36.4 Å². The van der Waals surface area contributed by atoms with Gasteiger partial charge in [-0.25, -0.2) is 19.4 Å². The van der Waals surface area contributed by atoms with Gasteiger partial charge < -0.3 is 74.5 Å². The van der Waals surface area contributed by atoms with Crippen LogP contribution in [0.25, 0.3) is 0 Å². The molecule has 0 aliphatic heterocycles. The Morgan fingerprint density at radius 2 is 0.756 bits per heavy atom. The molecule has 0 saturated carbocycles. The van der Waals surface area contributed by atoms with Crippen molar-refractivity contribution in [3.63, 3.8) is 0 Å². The first kappa shape index (κ1) is 78.7. The van der Waals surface area contributed by atoms with Crippen LogP contribution in [-0.2, 0) is 40.1 Å². The van der Waals surface area contributed by atoms with E-state index in [0.29, 0.717) is 70.2 Å². The Labute approximate surface area is 513 Å². The number of carbonyl (C=O) groups is 4. The summed E-state index contributed by atoms with van der Waals surface area (Å²) < 4.78 is 22.6. The average Bonchev–Trinajstić information content (AvgIpc) is 2.99. The fourth-order valence-electron chi connectivity index (χ4n) is 8.13. The number of nitrogens with one attached hydrogen (secondary N) is 2. The molecule has 0 saturated heterocycles. The first-order valence-corrected chi connectivity index (χ1v) is 28.5. The number of ether oxygens (including phenoxy) is 4. The molecule has 21 heteroatoms. The van der Waals surface area contributed by atoms with E-state index in [0.717, 1.165) is 54.7 Å². The van der Waals surface area contributed by atoms with Crippen LogP contribution in [0.4, 0.5) is 9.59 Å². The molecule has 0 aromatic heterocycles. The summed E-state index contributed by atoms with van der Waals surface area (Å²) in [6, 6.07) is 20.4. The molecule has 4 aromatic rings. The van der Waals surface area contributed by atoms with Crippen molar-refractivity contribution in [1.29, 1.82) is 0 Å². The molecule has 4 atom stereocenters. The fourth-order valence-corrected chi connectivity index (χ4v) is 8.13. The third kappa shape index (κ3) is 34.0. The van der Waals surface area contributed by atoms with Crippen molar-refractivity contribution in [1.82, 2.24) is 35.1 Å². The topological polar surface area (TPSA) is 256 Å². The maximum Gasteiger partial charge on any atom is 0.412 e. The molecule has 4 aromatic carbocycles. The third-order valence-corrected chi connectivity index (χ3v) is 13.5. The molecule has 6 N–H and O–H groups in total. The molecule has 86 heavy (non-hydrogen) atoms. The van der Waals surface area contributed by atoms with Crippen molar-refractivity contribution in [3.8, 4) is 46.0 Å². The highest BCUT2D eigenvalue weighted by Gasteiger charge is 2.22. The zero-order chi connectivity index (χ0) is 62.9. The van der Waals surface area contributed by atoms with Gasteiger partial charge >= 0.3 is 24.1 Å². The molecular formula is C65H104N8O13. The summed E-state index contributed by atoms with van der Waals surface area (Å²) in [4.78, 5) is 73.3. The second kappa shape index (κ2) is 42.5. The molecule has 0 fully saturated rings. The molecule has 0 aliphatic rings. The van der Waals surface area contributed by atoms with Gasteiger partial charge in [0.2, 0.25) is 6.08 Å². The molecule has 0 spiro atoms. The number of rotatable bonds is 31. The highest BCUT2D eigenvalue weighted by Crippen LogP contribution is 2.35. The molecule has 482 valence electrons. The lowest BCUT2D eigenvalue weighted by Gasteiger charge is -2.21. The summed E-state index contributed by atoms with van der Waals surface area (Å²) in [5.41, 5.74) is 3.78. The van der Waals surface area contributed by atoms with Crippen molar-refractivity contribution in [2.45, 2.75) is 93.9 Å². The van der Waals surface area contributed by atoms with Crippen LogP contribution in [0.3, 0.4) is 0 Å². The Morgan fingerprint density at radius 1 is 0.442 bits per heavy atom. The zero-order valence-electron chi connectivity index (χ0n) is 52.2. The summed E-state index contributed by atoms with van der Waals surface area (Å²) in [5, 5.41) is 43.2. The van der Waals surface area contributed by atoms with Gasteiger partial charge in [-0.3, -0.25) is 9.59 Å². The Balaban J connectivity index is 0.00000184. The lowest BCUT2D eigenvalue weighted by atomic mass is 9.85. The number of hydrogen-bond donors (Lipinski definition) is 6. The van der Waals surface area contributed by atoms with Gasteiger partial charge in [0.05, 0.1) is 6.54 Å². The SMILES string of the molecule is C.C.CN(C)CCN=C=O.C[C@H](Cc1ccc(O)c(O)c1)[C@@H](C)Cc1ccc(O)c(O)c1.C[C@H](Cc1ccc(OC(=O)CCCN(C)C)c(OC(=O)NCCN(C)C)c1)[C@@H](C)Cc1ccc(OC(=O)NCCN(C)C)c(OC(=O)CCCN(C)C)c1. The molecule has 4 rings (SSSR count). The van der Waals surface area contributed by atoms with E-state index in [-0.39, 0.29) is 85.5 Å². The average molecular weight is 1210 g/mol. The van der Waals surface area contributed by atoms with Crippen LogP contribution in [0.15, 0.2) is 77.8 Å². The fraction of sp³-hybridized carbons (Fsp3) is 0.554. The Morgan fingerprint density at radius 3 is 1.10 bits per heavy atom. The maximum atomic E-state index is 12.8. The smallest absolute Gasteiger partial charge is 0.412 e. The minimum atomic E-state index is -0.631. The van der Waals surface area contributed by atoms with Crippen molar-refractivity contribution >= 4 is 30.2 Å². The number of nitrogens with zero attached hydrogens (tertiary/aromatic N) is 6. The number of likely N-dealkylation sites (N-methyl/N-ethyl adjacent to an activating group) is 3. The molecule has 2 amide bonds. The van der Waals surface area contributed by atoms with Gasteiger partial charge in [-0.15, -0.1) is 0 Å². The second-order valence-electron chi connectivity index (χ2n) is 22.7. The van der Waals surface area contributed by atoms with Crippen molar-refractivity contribution in [2.75, 3.05) is 123 Å². The number of isocyanates is 1. The van der Waals surface area contributed by atoms with Crippen LogP contribution >= 0.6 is 0 Å². The summed E-state index contributed by atoms with van der Waals surface area (Å²) in [6.45, 7) is 13.5. The Bertz CT molecular complexity index is 2510. The van der Waals surface area contributed by atoms with Crippen molar-refractivity contribution < 1.29 is 63.3 Å². The summed E-state index contributed by atoms with van der Waals surface area (Å²) in [5.74, 6) is 0.578. The second-order valence-corrected chi connectivity index (χ2v) is 22.7. The number of esters is 2. The van der Waals surface area contributed by atoms with E-state index < -0.39 is 24.1 Å². The highest BCUT2D eigenvalue weighted by molar-refractivity contribution is 5.76. The Hall–Kier alpha value is -7.26. The zero-order valence-corrected chi connectivity index (χ0v) is 52.2. The predicted octanol–water partition coefficient (Wildman–Crippen LogP) is 9.26. The van der Waals surface area contributed by atoms with E-state index in [1.165, 1.54) is 18.2 Å². The van der Waals surface area contributed by atoms with Crippen LogP contribution in [0.2, 0.25) is 0 Å². The molecular weight excluding hydrogens is 1100 g/mol. The number of phenolic OH excluding ortho intramolecular Hbond substituents is 4. The normalized spacial score (nSPS) is 12.2. The van der Waals surface area contributed by atoms with Gasteiger partial charge in [-0.05, 0) is 217 Å². The number of hydrogen-bond acceptors (Lipinski definition) is 19. The minimum absolute atomic E-state index is 0. The van der Waals surface area contributed by atoms with Crippen LogP contribution < -0.4 is 29.6 Å². The molecule has 0 unspecified atom stereocenters. The molecule has 21 nitrogen and oxygen atoms in total. The quantitative estimate of drug-likeness (QED) is 0.00902. The first-order valence-electron chi connectivity index (χ1n) is 28.5. The minimum Gasteiger partial charge on any atom is -0.504 e. The van der Waals surface area contributed by atoms with E-state index in [1.807, 2.05) is 119 Å². The van der Waals surface area contributed by atoms with E-state index >= 15 is 0 Å². The van der Waals surface area contributed by atoms with Gasteiger partial charge in [0.15, 0.2) is 46.0 Å². The van der Waals surface area contributed by atoms with Crippen molar-refractivity contribution in [3.05, 3.63) is 95.1 Å². The van der Waals surface area contributed by atoms with Gasteiger partial charge in [0, 0.05) is 45.6 Å². The first-order chi connectivity index (χ1) is 39.6. The Kier molecular flexibility index (Phi) is 38.9.